The molecule has 1 heterocycles. The largest absolute Gasteiger partial charge is 0.497 e. The molecule has 2 aromatic carbocycles. The van der Waals surface area contributed by atoms with Crippen molar-refractivity contribution in [2.45, 2.75) is 0 Å². The van der Waals surface area contributed by atoms with Gasteiger partial charge in [0.2, 0.25) is 5.88 Å². The van der Waals surface area contributed by atoms with Crippen molar-refractivity contribution >= 4 is 34.4 Å². The molecule has 0 aliphatic rings. The molecule has 7 heteroatoms. The first-order valence-corrected chi connectivity index (χ1v) is 8.02. The Bertz CT molecular complexity index is 878. The van der Waals surface area contributed by atoms with E-state index in [0.29, 0.717) is 11.4 Å². The van der Waals surface area contributed by atoms with Crippen LogP contribution in [0.25, 0.3) is 11.3 Å². The number of hydrogen-bond acceptors (Lipinski definition) is 4. The average Bonchev–Trinajstić information content (AvgIpc) is 3.03. The van der Waals surface area contributed by atoms with Crippen LogP contribution in [0.15, 0.2) is 53.1 Å². The maximum atomic E-state index is 13.9. The van der Waals surface area contributed by atoms with Crippen LogP contribution in [0.2, 0.25) is 0 Å². The molecule has 0 bridgehead atoms. The number of anilines is 1. The number of carbonyl (C=O) groups is 1. The Kier molecular flexibility index (Phi) is 4.79. The second-order valence-corrected chi connectivity index (χ2v) is 6.13. The highest BCUT2D eigenvalue weighted by Crippen LogP contribution is 2.23. The number of nitrogens with zero attached hydrogens (tertiary/aromatic N) is 1. The van der Waals surface area contributed by atoms with Crippen LogP contribution in [0.4, 0.5) is 10.3 Å². The molecule has 122 valence electrons. The number of ether oxygens (including phenoxy) is 1. The van der Waals surface area contributed by atoms with Gasteiger partial charge in [0, 0.05) is 21.3 Å². The summed E-state index contributed by atoms with van der Waals surface area (Å²) in [5, 5.41) is 6.39. The topological polar surface area (TPSA) is 64.4 Å². The highest BCUT2D eigenvalue weighted by atomic mass is 127. The minimum atomic E-state index is -0.677. The van der Waals surface area contributed by atoms with Gasteiger partial charge in [-0.3, -0.25) is 10.1 Å². The van der Waals surface area contributed by atoms with Crippen molar-refractivity contribution in [1.29, 1.82) is 0 Å². The minimum absolute atomic E-state index is 0.108. The van der Waals surface area contributed by atoms with Crippen molar-refractivity contribution < 1.29 is 18.4 Å². The minimum Gasteiger partial charge on any atom is -0.497 e. The Labute approximate surface area is 150 Å². The number of aromatic nitrogens is 1. The Balaban J connectivity index is 1.77. The molecule has 0 fully saturated rings. The summed E-state index contributed by atoms with van der Waals surface area (Å²) in [4.78, 5) is 12.1. The van der Waals surface area contributed by atoms with Gasteiger partial charge in [0.05, 0.1) is 12.7 Å². The number of nitrogens with one attached hydrogen (secondary N) is 1. The lowest BCUT2D eigenvalue weighted by molar-refractivity contribution is 0.102. The summed E-state index contributed by atoms with van der Waals surface area (Å²) < 4.78 is 25.0. The van der Waals surface area contributed by atoms with Gasteiger partial charge in [0.1, 0.15) is 17.3 Å². The monoisotopic (exact) mass is 438 g/mol. The zero-order chi connectivity index (χ0) is 17.1. The van der Waals surface area contributed by atoms with Crippen LogP contribution in [0, 0.1) is 9.39 Å². The van der Waals surface area contributed by atoms with Crippen molar-refractivity contribution in [3.05, 3.63) is 63.5 Å². The number of benzene rings is 2. The molecule has 1 aromatic heterocycles. The molecule has 0 unspecified atom stereocenters. The van der Waals surface area contributed by atoms with Gasteiger partial charge in [-0.2, -0.15) is 0 Å². The van der Waals surface area contributed by atoms with Gasteiger partial charge < -0.3 is 9.26 Å². The van der Waals surface area contributed by atoms with Crippen molar-refractivity contribution in [2.24, 2.45) is 0 Å². The van der Waals surface area contributed by atoms with E-state index in [1.54, 1.807) is 6.07 Å². The maximum Gasteiger partial charge on any atom is 0.261 e. The molecule has 0 spiro atoms. The lowest BCUT2D eigenvalue weighted by Crippen LogP contribution is -2.13. The van der Waals surface area contributed by atoms with E-state index in [2.05, 4.69) is 33.1 Å². The average molecular weight is 438 g/mol. The third-order valence-corrected chi connectivity index (χ3v) is 4.03. The third kappa shape index (κ3) is 3.56. The first kappa shape index (κ1) is 16.4. The standard InChI is InChI=1S/C17H12FIN2O3/c1-23-12-6-7-13(14(18)8-12)17(22)20-16-9-15(21-24-16)10-2-4-11(19)5-3-10/h2-9H,1H3,(H,20,22). The Hall–Kier alpha value is -2.42. The number of halogens is 2. The molecular formula is C17H12FIN2O3. The smallest absolute Gasteiger partial charge is 0.261 e. The Morgan fingerprint density at radius 1 is 1.21 bits per heavy atom. The first-order chi connectivity index (χ1) is 11.6. The predicted molar refractivity (Wildman–Crippen MR) is 95.6 cm³/mol. The number of hydrogen-bond donors (Lipinski definition) is 1. The number of rotatable bonds is 4. The van der Waals surface area contributed by atoms with Crippen LogP contribution >= 0.6 is 22.6 Å². The molecule has 0 saturated heterocycles. The molecule has 0 radical (unpaired) electrons. The zero-order valence-electron chi connectivity index (χ0n) is 12.5. The zero-order valence-corrected chi connectivity index (χ0v) is 14.7. The van der Waals surface area contributed by atoms with Crippen molar-refractivity contribution in [3.63, 3.8) is 0 Å². The lowest BCUT2D eigenvalue weighted by Gasteiger charge is -2.04. The van der Waals surface area contributed by atoms with Gasteiger partial charge in [-0.25, -0.2) is 4.39 Å². The van der Waals surface area contributed by atoms with Gasteiger partial charge in [-0.15, -0.1) is 0 Å². The van der Waals surface area contributed by atoms with Gasteiger partial charge >= 0.3 is 0 Å². The molecule has 0 saturated carbocycles. The van der Waals surface area contributed by atoms with E-state index in [1.165, 1.54) is 19.2 Å². The second kappa shape index (κ2) is 7.00. The Morgan fingerprint density at radius 2 is 1.96 bits per heavy atom. The number of methoxy groups -OCH3 is 1. The van der Waals surface area contributed by atoms with Gasteiger partial charge in [0.25, 0.3) is 5.91 Å². The number of carbonyl (C=O) groups excluding carboxylic acids is 1. The fourth-order valence-corrected chi connectivity index (χ4v) is 2.44. The summed E-state index contributed by atoms with van der Waals surface area (Å²) in [5.74, 6) is -0.821. The SMILES string of the molecule is COc1ccc(C(=O)Nc2cc(-c3ccc(I)cc3)no2)c(F)c1. The molecule has 3 aromatic rings. The van der Waals surface area contributed by atoms with E-state index in [1.807, 2.05) is 24.3 Å². The van der Waals surface area contributed by atoms with Gasteiger partial charge in [-0.05, 0) is 46.9 Å². The molecule has 24 heavy (non-hydrogen) atoms. The molecule has 0 atom stereocenters. The fourth-order valence-electron chi connectivity index (χ4n) is 2.08. The van der Waals surface area contributed by atoms with E-state index in [-0.39, 0.29) is 11.4 Å². The summed E-state index contributed by atoms with van der Waals surface area (Å²) in [6, 6.07) is 13.3. The van der Waals surface area contributed by atoms with Crippen LogP contribution in [0.5, 0.6) is 5.75 Å². The van der Waals surface area contributed by atoms with Crippen LogP contribution in [0.3, 0.4) is 0 Å². The lowest BCUT2D eigenvalue weighted by atomic mass is 10.1. The second-order valence-electron chi connectivity index (χ2n) is 4.88. The fraction of sp³-hybridized carbons (Fsp3) is 0.0588. The van der Waals surface area contributed by atoms with Crippen LogP contribution in [-0.2, 0) is 0 Å². The highest BCUT2D eigenvalue weighted by molar-refractivity contribution is 14.1. The number of amides is 1. The predicted octanol–water partition coefficient (Wildman–Crippen LogP) is 4.35. The summed E-state index contributed by atoms with van der Waals surface area (Å²) in [5.41, 5.74) is 1.33. The van der Waals surface area contributed by atoms with Crippen molar-refractivity contribution in [2.75, 3.05) is 12.4 Å². The molecule has 3 rings (SSSR count). The summed E-state index contributed by atoms with van der Waals surface area (Å²) in [6.07, 6.45) is 0. The third-order valence-electron chi connectivity index (χ3n) is 3.31. The van der Waals surface area contributed by atoms with E-state index in [4.69, 9.17) is 9.26 Å². The molecule has 1 N–H and O–H groups in total. The maximum absolute atomic E-state index is 13.9. The molecular weight excluding hydrogens is 426 g/mol. The van der Waals surface area contributed by atoms with Crippen molar-refractivity contribution in [3.8, 4) is 17.0 Å². The molecule has 0 aliphatic carbocycles. The molecule has 5 nitrogen and oxygen atoms in total. The quantitative estimate of drug-likeness (QED) is 0.616. The summed E-state index contributed by atoms with van der Waals surface area (Å²) >= 11 is 2.21. The van der Waals surface area contributed by atoms with Crippen LogP contribution < -0.4 is 10.1 Å². The summed E-state index contributed by atoms with van der Waals surface area (Å²) in [7, 11) is 1.43. The van der Waals surface area contributed by atoms with E-state index in [0.717, 1.165) is 15.2 Å². The van der Waals surface area contributed by atoms with Gasteiger partial charge in [-0.1, -0.05) is 17.3 Å². The van der Waals surface area contributed by atoms with E-state index >= 15 is 0 Å². The summed E-state index contributed by atoms with van der Waals surface area (Å²) in [6.45, 7) is 0. The van der Waals surface area contributed by atoms with E-state index in [9.17, 15) is 9.18 Å². The van der Waals surface area contributed by atoms with Crippen LogP contribution in [-0.4, -0.2) is 18.2 Å². The Morgan fingerprint density at radius 3 is 2.62 bits per heavy atom. The normalized spacial score (nSPS) is 10.5. The van der Waals surface area contributed by atoms with Crippen LogP contribution in [0.1, 0.15) is 10.4 Å². The van der Waals surface area contributed by atoms with Crippen molar-refractivity contribution in [1.82, 2.24) is 5.16 Å². The first-order valence-electron chi connectivity index (χ1n) is 6.94. The van der Waals surface area contributed by atoms with E-state index < -0.39 is 11.7 Å². The van der Waals surface area contributed by atoms with Gasteiger partial charge in [0.15, 0.2) is 0 Å². The molecule has 1 amide bonds. The highest BCUT2D eigenvalue weighted by Gasteiger charge is 2.15. The molecule has 0 aliphatic heterocycles.